The summed E-state index contributed by atoms with van der Waals surface area (Å²) in [5.74, 6) is 0.792. The Morgan fingerprint density at radius 1 is 1.38 bits per heavy atom. The number of hydrogen-bond acceptors (Lipinski definition) is 0. The van der Waals surface area contributed by atoms with E-state index in [-0.39, 0.29) is 10.0 Å². The predicted octanol–water partition coefficient (Wildman–Crippen LogP) is 1.84. The van der Waals surface area contributed by atoms with Gasteiger partial charge in [-0.3, -0.25) is 0 Å². The minimum atomic E-state index is -0.434. The Bertz CT molecular complexity index is 50.0. The van der Waals surface area contributed by atoms with Crippen LogP contribution in [0.25, 0.3) is 0 Å². The van der Waals surface area contributed by atoms with Crippen LogP contribution in [-0.2, 0) is 0 Å². The van der Waals surface area contributed by atoms with E-state index in [0.29, 0.717) is 0 Å². The van der Waals surface area contributed by atoms with Crippen molar-refractivity contribution in [3.05, 3.63) is 0 Å². The fourth-order valence-corrected chi connectivity index (χ4v) is 2.27. The topological polar surface area (TPSA) is 0 Å². The van der Waals surface area contributed by atoms with Gasteiger partial charge in [0.2, 0.25) is 0 Å². The molecule has 0 spiro atoms. The van der Waals surface area contributed by atoms with Gasteiger partial charge in [-0.2, -0.15) is 22.9 Å². The van der Waals surface area contributed by atoms with Crippen LogP contribution in [0.4, 0.5) is 0 Å². The second-order valence-electron chi connectivity index (χ2n) is 1.36. The van der Waals surface area contributed by atoms with Crippen LogP contribution in [0.15, 0.2) is 0 Å². The van der Waals surface area contributed by atoms with E-state index < -0.39 is 9.52 Å². The summed E-state index contributed by atoms with van der Waals surface area (Å²) in [5.41, 5.74) is -0.276. The Morgan fingerprint density at radius 2 is 1.88 bits per heavy atom. The average Bonchev–Trinajstić information content (AvgIpc) is 1.61. The third-order valence-electron chi connectivity index (χ3n) is 0.603. The van der Waals surface area contributed by atoms with Gasteiger partial charge in [-0.15, -0.1) is 23.2 Å². The van der Waals surface area contributed by atoms with Gasteiger partial charge in [0, 0.05) is 0 Å². The molecule has 0 aromatic rings. The van der Waals surface area contributed by atoms with Gasteiger partial charge in [-0.05, 0) is 0 Å². The molecule has 0 radical (unpaired) electrons. The van der Waals surface area contributed by atoms with Gasteiger partial charge in [0.05, 0.1) is 14.0 Å². The van der Waals surface area contributed by atoms with Crippen molar-refractivity contribution in [3.8, 4) is 0 Å². The van der Waals surface area contributed by atoms with Gasteiger partial charge in [-0.25, -0.2) is 0 Å². The zero-order valence-corrected chi connectivity index (χ0v) is 8.52. The van der Waals surface area contributed by atoms with Gasteiger partial charge >= 0.3 is 5.54 Å². The normalized spacial score (nSPS) is 11.6. The maximum atomic E-state index is 5.43. The summed E-state index contributed by atoms with van der Waals surface area (Å²) in [6.45, 7) is 0. The van der Waals surface area contributed by atoms with E-state index in [9.17, 15) is 0 Å². The first-order chi connectivity index (χ1) is 3.63. The Hall–Kier alpha value is 1.44. The van der Waals surface area contributed by atoms with Crippen molar-refractivity contribution in [3.63, 3.8) is 0 Å². The molecule has 0 N–H and O–H groups in total. The van der Waals surface area contributed by atoms with Gasteiger partial charge in [-0.1, -0.05) is 5.94 Å². The van der Waals surface area contributed by atoms with E-state index in [1.54, 1.807) is 0 Å². The molecular weight excluding hydrogens is 205 g/mol. The lowest BCUT2D eigenvalue weighted by Gasteiger charge is -1.95. The SMILES string of the molecule is ClB(Cl)C[SiH2]C(Cl)Cl. The quantitative estimate of drug-likeness (QED) is 0.492. The molecule has 0 aliphatic carbocycles. The van der Waals surface area contributed by atoms with Crippen LogP contribution in [0.2, 0.25) is 5.94 Å². The smallest absolute Gasteiger partial charge is 0.172 e. The molecular formula is C2H5BCl4Si. The molecule has 48 valence electrons. The van der Waals surface area contributed by atoms with Crippen LogP contribution in [-0.4, -0.2) is 19.5 Å². The third-order valence-corrected chi connectivity index (χ3v) is 4.43. The second-order valence-corrected chi connectivity index (χ2v) is 6.92. The maximum absolute atomic E-state index is 5.43. The molecule has 0 saturated heterocycles. The first kappa shape index (κ1) is 9.44. The largest absolute Gasteiger partial charge is 0.348 e. The number of alkyl halides is 2. The zero-order chi connectivity index (χ0) is 6.57. The highest BCUT2D eigenvalue weighted by molar-refractivity contribution is 7.35. The van der Waals surface area contributed by atoms with E-state index in [2.05, 4.69) is 0 Å². The van der Waals surface area contributed by atoms with E-state index >= 15 is 0 Å². The lowest BCUT2D eigenvalue weighted by molar-refractivity contribution is 1.80. The summed E-state index contributed by atoms with van der Waals surface area (Å²) in [6, 6.07) is 0. The lowest BCUT2D eigenvalue weighted by atomic mass is 10.2. The molecule has 0 rings (SSSR count). The molecule has 0 aliphatic rings. The van der Waals surface area contributed by atoms with Crippen LogP contribution in [0.3, 0.4) is 0 Å². The number of halogens is 4. The summed E-state index contributed by atoms with van der Waals surface area (Å²) in [4.78, 5) is 0. The molecule has 0 bridgehead atoms. The first-order valence-corrected chi connectivity index (χ1v) is 5.75. The van der Waals surface area contributed by atoms with Crippen molar-refractivity contribution in [2.24, 2.45) is 0 Å². The van der Waals surface area contributed by atoms with E-state index in [4.69, 9.17) is 46.1 Å². The van der Waals surface area contributed by atoms with E-state index in [1.165, 1.54) is 0 Å². The van der Waals surface area contributed by atoms with Gasteiger partial charge in [0.25, 0.3) is 0 Å². The van der Waals surface area contributed by atoms with Crippen molar-refractivity contribution >= 4 is 61.2 Å². The molecule has 8 heavy (non-hydrogen) atoms. The molecule has 0 atom stereocenters. The van der Waals surface area contributed by atoms with Gasteiger partial charge < -0.3 is 0 Å². The van der Waals surface area contributed by atoms with Crippen molar-refractivity contribution in [1.82, 2.24) is 0 Å². The van der Waals surface area contributed by atoms with Crippen LogP contribution in [0, 0.1) is 0 Å². The minimum Gasteiger partial charge on any atom is -0.172 e. The Morgan fingerprint density at radius 3 is 2.00 bits per heavy atom. The standard InChI is InChI=1S/C2H5BCl4Si/c4-2(5)8-1-3(6)7/h2H,1,8H2. The molecule has 0 amide bonds. The second kappa shape index (κ2) is 5.24. The molecule has 0 fully saturated rings. The van der Waals surface area contributed by atoms with Crippen molar-refractivity contribution in [2.45, 2.75) is 10.4 Å². The summed E-state index contributed by atoms with van der Waals surface area (Å²) in [5, 5.41) is 0. The fourth-order valence-electron chi connectivity index (χ4n) is 0.252. The molecule has 0 unspecified atom stereocenters. The van der Waals surface area contributed by atoms with Crippen molar-refractivity contribution in [1.29, 1.82) is 0 Å². The Balaban J connectivity index is 2.93. The zero-order valence-electron chi connectivity index (χ0n) is 4.08. The monoisotopic (exact) mass is 208 g/mol. The summed E-state index contributed by atoms with van der Waals surface area (Å²) in [6.07, 6.45) is 0. The molecule has 0 saturated carbocycles. The minimum absolute atomic E-state index is 0.199. The Labute approximate surface area is 71.5 Å². The summed E-state index contributed by atoms with van der Waals surface area (Å²) in [7, 11) is -0.434. The van der Waals surface area contributed by atoms with E-state index in [0.717, 1.165) is 5.94 Å². The molecule has 0 heterocycles. The van der Waals surface area contributed by atoms with Crippen LogP contribution < -0.4 is 0 Å². The number of hydrogen-bond donors (Lipinski definition) is 0. The number of rotatable bonds is 3. The molecule has 6 heteroatoms. The average molecular weight is 210 g/mol. The van der Waals surface area contributed by atoms with Crippen LogP contribution in [0.1, 0.15) is 0 Å². The summed E-state index contributed by atoms with van der Waals surface area (Å²) < 4.78 is -0.199. The third kappa shape index (κ3) is 7.44. The predicted molar refractivity (Wildman–Crippen MR) is 46.3 cm³/mol. The Kier molecular flexibility index (Phi) is 6.19. The van der Waals surface area contributed by atoms with Crippen molar-refractivity contribution < 1.29 is 0 Å². The summed E-state index contributed by atoms with van der Waals surface area (Å²) >= 11 is 21.7. The highest BCUT2D eigenvalue weighted by Gasteiger charge is 2.08. The van der Waals surface area contributed by atoms with E-state index in [1.807, 2.05) is 0 Å². The van der Waals surface area contributed by atoms with Crippen LogP contribution >= 0.6 is 46.1 Å². The maximum Gasteiger partial charge on any atom is 0.348 e. The molecule has 0 nitrogen and oxygen atoms in total. The highest BCUT2D eigenvalue weighted by atomic mass is 35.5. The molecule has 0 aliphatic heterocycles. The first-order valence-electron chi connectivity index (χ1n) is 2.19. The van der Waals surface area contributed by atoms with Crippen molar-refractivity contribution in [2.75, 3.05) is 0 Å². The van der Waals surface area contributed by atoms with Gasteiger partial charge in [0.15, 0.2) is 0 Å². The fraction of sp³-hybridized carbons (Fsp3) is 1.00. The molecule has 0 aromatic carbocycles. The van der Waals surface area contributed by atoms with Gasteiger partial charge in [0.1, 0.15) is 0 Å². The van der Waals surface area contributed by atoms with Crippen LogP contribution in [0.5, 0.6) is 0 Å². The highest BCUT2D eigenvalue weighted by Crippen LogP contribution is 2.07. The molecule has 0 aromatic heterocycles. The lowest BCUT2D eigenvalue weighted by Crippen LogP contribution is -2.07.